The van der Waals surface area contributed by atoms with Crippen molar-refractivity contribution in [3.63, 3.8) is 0 Å². The molecule has 1 aromatic rings. The van der Waals surface area contributed by atoms with Crippen LogP contribution in [0.25, 0.3) is 0 Å². The summed E-state index contributed by atoms with van der Waals surface area (Å²) in [5, 5.41) is 3.83. The average molecular weight is 369 g/mol. The number of carbonyl (C=O) groups is 1. The van der Waals surface area contributed by atoms with Crippen LogP contribution in [-0.2, 0) is 4.79 Å². The zero-order valence-electron chi connectivity index (χ0n) is 12.4. The molecule has 0 saturated carbocycles. The highest BCUT2D eigenvalue weighted by atomic mass is 79.9. The average Bonchev–Trinajstić information content (AvgIpc) is 2.43. The van der Waals surface area contributed by atoms with Crippen molar-refractivity contribution < 1.29 is 9.53 Å². The van der Waals surface area contributed by atoms with Crippen LogP contribution in [0.2, 0.25) is 0 Å². The van der Waals surface area contributed by atoms with Crippen LogP contribution in [0.4, 0.5) is 0 Å². The topological polar surface area (TPSA) is 41.6 Å². The van der Waals surface area contributed by atoms with Gasteiger partial charge in [-0.25, -0.2) is 0 Å². The summed E-state index contributed by atoms with van der Waals surface area (Å²) in [6.45, 7) is 3.49. The molecule has 0 fully saturated rings. The monoisotopic (exact) mass is 368 g/mol. The van der Waals surface area contributed by atoms with E-state index in [1.54, 1.807) is 14.0 Å². The number of ketones is 1. The fraction of sp³-hybridized carbons (Fsp3) is 0.333. The molecule has 21 heavy (non-hydrogen) atoms. The molecule has 1 heterocycles. The zero-order valence-corrected chi connectivity index (χ0v) is 14.8. The Hall–Kier alpha value is -1.40. The van der Waals surface area contributed by atoms with Gasteiger partial charge in [-0.2, -0.15) is 0 Å². The second-order valence-corrected chi connectivity index (χ2v) is 6.13. The Morgan fingerprint density at radius 2 is 2.14 bits per heavy atom. The zero-order chi connectivity index (χ0) is 15.7. The summed E-state index contributed by atoms with van der Waals surface area (Å²) in [6.07, 6.45) is 0. The number of benzene rings is 1. The van der Waals surface area contributed by atoms with E-state index < -0.39 is 0 Å². The van der Waals surface area contributed by atoms with Gasteiger partial charge in [-0.15, -0.1) is 0 Å². The number of ether oxygens (including phenoxy) is 1. The summed E-state index contributed by atoms with van der Waals surface area (Å²) in [7, 11) is 3.47. The molecule has 112 valence electrons. The van der Waals surface area contributed by atoms with E-state index in [9.17, 15) is 4.79 Å². The molecule has 0 radical (unpaired) electrons. The molecular weight excluding hydrogens is 352 g/mol. The summed E-state index contributed by atoms with van der Waals surface area (Å²) in [5.74, 6) is 0.783. The Kier molecular flexibility index (Phi) is 4.68. The van der Waals surface area contributed by atoms with Gasteiger partial charge in [0.2, 0.25) is 0 Å². The van der Waals surface area contributed by atoms with Crippen LogP contribution >= 0.6 is 28.1 Å². The second-order valence-electron chi connectivity index (χ2n) is 4.89. The summed E-state index contributed by atoms with van der Waals surface area (Å²) in [5.41, 5.74) is 2.56. The van der Waals surface area contributed by atoms with E-state index in [4.69, 9.17) is 17.0 Å². The maximum atomic E-state index is 12.0. The molecule has 1 aromatic carbocycles. The Labute approximate surface area is 138 Å². The van der Waals surface area contributed by atoms with E-state index in [2.05, 4.69) is 21.2 Å². The van der Waals surface area contributed by atoms with Crippen LogP contribution in [0.3, 0.4) is 0 Å². The molecule has 1 atom stereocenters. The smallest absolute Gasteiger partial charge is 0.173 e. The lowest BCUT2D eigenvalue weighted by Crippen LogP contribution is -2.45. The summed E-state index contributed by atoms with van der Waals surface area (Å²) < 4.78 is 6.08. The number of nitrogens with zero attached hydrogens (tertiary/aromatic N) is 1. The predicted molar refractivity (Wildman–Crippen MR) is 90.3 cm³/mol. The Morgan fingerprint density at radius 3 is 2.67 bits per heavy atom. The van der Waals surface area contributed by atoms with Gasteiger partial charge in [0.1, 0.15) is 5.75 Å². The van der Waals surface area contributed by atoms with Gasteiger partial charge in [0.25, 0.3) is 0 Å². The first-order valence-corrected chi connectivity index (χ1v) is 7.66. The summed E-state index contributed by atoms with van der Waals surface area (Å²) in [4.78, 5) is 13.9. The van der Waals surface area contributed by atoms with Gasteiger partial charge in [-0.05, 0) is 59.7 Å². The Balaban J connectivity index is 2.53. The van der Waals surface area contributed by atoms with Crippen molar-refractivity contribution in [2.24, 2.45) is 0 Å². The van der Waals surface area contributed by atoms with E-state index in [1.807, 2.05) is 37.1 Å². The number of rotatable bonds is 3. The Morgan fingerprint density at radius 1 is 1.48 bits per heavy atom. The lowest BCUT2D eigenvalue weighted by atomic mass is 9.92. The number of allylic oxidation sites excluding steroid dienone is 1. The minimum absolute atomic E-state index is 0.0336. The number of methoxy groups -OCH3 is 1. The van der Waals surface area contributed by atoms with E-state index in [0.29, 0.717) is 5.11 Å². The maximum Gasteiger partial charge on any atom is 0.173 e. The van der Waals surface area contributed by atoms with E-state index in [-0.39, 0.29) is 11.8 Å². The van der Waals surface area contributed by atoms with Crippen molar-refractivity contribution in [2.75, 3.05) is 14.2 Å². The lowest BCUT2D eigenvalue weighted by Gasteiger charge is -2.35. The molecule has 1 unspecified atom stereocenters. The van der Waals surface area contributed by atoms with Gasteiger partial charge >= 0.3 is 0 Å². The van der Waals surface area contributed by atoms with Gasteiger partial charge in [0, 0.05) is 18.3 Å². The minimum atomic E-state index is -0.242. The first-order chi connectivity index (χ1) is 9.86. The van der Waals surface area contributed by atoms with E-state index in [0.717, 1.165) is 27.1 Å². The minimum Gasteiger partial charge on any atom is -0.496 e. The van der Waals surface area contributed by atoms with Crippen molar-refractivity contribution >= 4 is 39.0 Å². The molecule has 0 saturated heterocycles. The Bertz CT molecular complexity index is 643. The highest BCUT2D eigenvalue weighted by Gasteiger charge is 2.30. The first-order valence-electron chi connectivity index (χ1n) is 6.46. The van der Waals surface area contributed by atoms with Gasteiger partial charge in [0.15, 0.2) is 10.9 Å². The molecule has 1 N–H and O–H groups in total. The van der Waals surface area contributed by atoms with Crippen LogP contribution in [0.1, 0.15) is 25.5 Å². The van der Waals surface area contributed by atoms with E-state index in [1.165, 1.54) is 0 Å². The molecule has 0 aliphatic carbocycles. The number of hydrogen-bond acceptors (Lipinski definition) is 3. The second kappa shape index (κ2) is 6.15. The maximum absolute atomic E-state index is 12.0. The van der Waals surface area contributed by atoms with Crippen LogP contribution in [0, 0.1) is 0 Å². The molecule has 2 rings (SSSR count). The summed E-state index contributed by atoms with van der Waals surface area (Å²) in [6, 6.07) is 5.51. The van der Waals surface area contributed by atoms with Gasteiger partial charge in [-0.1, -0.05) is 6.07 Å². The van der Waals surface area contributed by atoms with Crippen LogP contribution in [0.15, 0.2) is 33.9 Å². The fourth-order valence-electron chi connectivity index (χ4n) is 2.40. The standard InChI is InChI=1S/C15H17BrN2O2S/c1-8-13(9(2)19)14(17-15(21)18(8)3)10-5-6-12(20-4)11(16)7-10/h5-7,14H,1-4H3,(H,17,21). The number of thiocarbonyl (C=S) groups is 1. The van der Waals surface area contributed by atoms with Gasteiger partial charge in [0.05, 0.1) is 17.6 Å². The quantitative estimate of drug-likeness (QED) is 0.829. The van der Waals surface area contributed by atoms with Crippen molar-refractivity contribution in [1.29, 1.82) is 0 Å². The molecule has 0 bridgehead atoms. The molecule has 0 amide bonds. The first kappa shape index (κ1) is 16.0. The van der Waals surface area contributed by atoms with Crippen molar-refractivity contribution in [1.82, 2.24) is 10.2 Å². The summed E-state index contributed by atoms with van der Waals surface area (Å²) >= 11 is 8.81. The molecule has 1 aliphatic rings. The van der Waals surface area contributed by atoms with E-state index >= 15 is 0 Å². The molecular formula is C15H17BrN2O2S. The fourth-order valence-corrected chi connectivity index (χ4v) is 3.22. The number of halogens is 1. The SMILES string of the molecule is COc1ccc(C2NC(=S)N(C)C(C)=C2C(C)=O)cc1Br. The highest BCUT2D eigenvalue weighted by molar-refractivity contribution is 9.10. The normalized spacial score (nSPS) is 18.6. The predicted octanol–water partition coefficient (Wildman–Crippen LogP) is 3.18. The number of carbonyl (C=O) groups excluding carboxylic acids is 1. The molecule has 4 nitrogen and oxygen atoms in total. The highest BCUT2D eigenvalue weighted by Crippen LogP contribution is 2.34. The third-order valence-corrected chi connectivity index (χ3v) is 4.65. The van der Waals surface area contributed by atoms with Crippen LogP contribution in [0.5, 0.6) is 5.75 Å². The van der Waals surface area contributed by atoms with Crippen molar-refractivity contribution in [2.45, 2.75) is 19.9 Å². The third-order valence-electron chi connectivity index (χ3n) is 3.64. The number of hydrogen-bond donors (Lipinski definition) is 1. The lowest BCUT2D eigenvalue weighted by molar-refractivity contribution is -0.114. The van der Waals surface area contributed by atoms with Gasteiger partial charge in [-0.3, -0.25) is 4.79 Å². The van der Waals surface area contributed by atoms with Gasteiger partial charge < -0.3 is 15.0 Å². The van der Waals surface area contributed by atoms with Crippen molar-refractivity contribution in [3.8, 4) is 5.75 Å². The van der Waals surface area contributed by atoms with Crippen molar-refractivity contribution in [3.05, 3.63) is 39.5 Å². The molecule has 6 heteroatoms. The third kappa shape index (κ3) is 2.96. The number of Topliss-reactive ketones (excluding diaryl/α,β-unsaturated/α-hetero) is 1. The molecule has 1 aliphatic heterocycles. The molecule has 0 aromatic heterocycles. The molecule has 0 spiro atoms. The number of nitrogens with one attached hydrogen (secondary N) is 1. The largest absolute Gasteiger partial charge is 0.496 e. The van der Waals surface area contributed by atoms with Crippen LogP contribution in [-0.4, -0.2) is 30.0 Å². The van der Waals surface area contributed by atoms with Crippen LogP contribution < -0.4 is 10.1 Å².